The number of hydrogen-bond donors (Lipinski definition) is 7. The second-order valence-corrected chi connectivity index (χ2v) is 15.6. The number of carbonyl (C=O) groups is 4. The lowest BCUT2D eigenvalue weighted by Gasteiger charge is -2.27. The Balaban J connectivity index is 0.000000377. The lowest BCUT2D eigenvalue weighted by molar-refractivity contribution is 0.0442. The van der Waals surface area contributed by atoms with Crippen molar-refractivity contribution in [1.82, 2.24) is 5.32 Å². The van der Waals surface area contributed by atoms with Crippen LogP contribution < -0.4 is 11.1 Å². The van der Waals surface area contributed by atoms with Gasteiger partial charge in [-0.3, -0.25) is 4.79 Å². The SMILES string of the molecule is CC(CO)(CO)NC(=O)c1c(Br)c(Br)c(Br)c(Br)c1C(=O)O.CC(N)(CO)CO.O=C1OC(=O)c2c(Br)c(Br)c(Br)c(Br)c21. The van der Waals surface area contributed by atoms with Gasteiger partial charge in [0.15, 0.2) is 0 Å². The van der Waals surface area contributed by atoms with Gasteiger partial charge in [-0.1, -0.05) is 0 Å². The minimum Gasteiger partial charge on any atom is -0.478 e. The number of esters is 2. The van der Waals surface area contributed by atoms with Crippen LogP contribution in [-0.4, -0.2) is 86.9 Å². The Hall–Kier alpha value is 0.160. The summed E-state index contributed by atoms with van der Waals surface area (Å²) in [5.74, 6) is -3.34. The molecule has 1 aliphatic heterocycles. The van der Waals surface area contributed by atoms with E-state index in [1.165, 1.54) is 6.92 Å². The van der Waals surface area contributed by atoms with E-state index in [0.29, 0.717) is 26.8 Å². The van der Waals surface area contributed by atoms with Crippen LogP contribution in [0.15, 0.2) is 35.8 Å². The number of nitrogens with two attached hydrogens (primary N) is 1. The normalized spacial score (nSPS) is 12.4. The first kappa shape index (κ1) is 42.2. The van der Waals surface area contributed by atoms with Gasteiger partial charge in [-0.15, -0.1) is 0 Å². The molecule has 244 valence electrons. The predicted molar refractivity (Wildman–Crippen MR) is 188 cm³/mol. The van der Waals surface area contributed by atoms with E-state index in [0.717, 1.165) is 0 Å². The number of halogens is 8. The minimum atomic E-state index is -1.30. The second-order valence-electron chi connectivity index (χ2n) is 9.30. The van der Waals surface area contributed by atoms with Gasteiger partial charge >= 0.3 is 17.9 Å². The topological polar surface area (TPSA) is 217 Å². The molecule has 2 aromatic rings. The third-order valence-electron chi connectivity index (χ3n) is 5.40. The first-order valence-electron chi connectivity index (χ1n) is 11.4. The molecule has 20 heteroatoms. The van der Waals surface area contributed by atoms with Crippen LogP contribution in [0.5, 0.6) is 0 Å². The van der Waals surface area contributed by atoms with Gasteiger partial charge in [-0.05, 0) is 141 Å². The number of carboxylic acids is 1. The van der Waals surface area contributed by atoms with Gasteiger partial charge < -0.3 is 41.3 Å². The summed E-state index contributed by atoms with van der Waals surface area (Å²) in [5.41, 5.74) is 3.22. The molecule has 0 saturated carbocycles. The Bertz CT molecular complexity index is 1430. The van der Waals surface area contributed by atoms with Crippen molar-refractivity contribution in [1.29, 1.82) is 0 Å². The smallest absolute Gasteiger partial charge is 0.348 e. The summed E-state index contributed by atoms with van der Waals surface area (Å²) >= 11 is 25.8. The van der Waals surface area contributed by atoms with Gasteiger partial charge in [0.2, 0.25) is 0 Å². The maximum absolute atomic E-state index is 12.5. The van der Waals surface area contributed by atoms with Gasteiger partial charge in [0.25, 0.3) is 5.91 Å². The minimum absolute atomic E-state index is 0.137. The van der Waals surface area contributed by atoms with Crippen molar-refractivity contribution in [3.63, 3.8) is 0 Å². The monoisotopic (exact) mass is 1130 g/mol. The molecule has 0 atom stereocenters. The van der Waals surface area contributed by atoms with Crippen LogP contribution in [0.1, 0.15) is 55.3 Å². The largest absolute Gasteiger partial charge is 0.478 e. The highest BCUT2D eigenvalue weighted by molar-refractivity contribution is 9.15. The van der Waals surface area contributed by atoms with Crippen molar-refractivity contribution in [3.05, 3.63) is 58.0 Å². The van der Waals surface area contributed by atoms with Crippen molar-refractivity contribution in [2.45, 2.75) is 24.9 Å². The summed E-state index contributed by atoms with van der Waals surface area (Å²) < 4.78 is 8.14. The lowest BCUT2D eigenvalue weighted by atomic mass is 10.0. The molecule has 3 rings (SSSR count). The number of fused-ring (bicyclic) bond motifs is 1. The zero-order valence-corrected chi connectivity index (χ0v) is 34.9. The number of carbonyl (C=O) groups excluding carboxylic acids is 3. The molecular formula is C24H22Br8N2O10. The van der Waals surface area contributed by atoms with Crippen LogP contribution in [0.3, 0.4) is 0 Å². The van der Waals surface area contributed by atoms with Crippen molar-refractivity contribution in [2.24, 2.45) is 5.73 Å². The molecule has 0 fully saturated rings. The number of aromatic carboxylic acids is 1. The van der Waals surface area contributed by atoms with Gasteiger partial charge in [0.1, 0.15) is 0 Å². The Morgan fingerprint density at radius 2 is 1.00 bits per heavy atom. The van der Waals surface area contributed by atoms with E-state index >= 15 is 0 Å². The molecule has 12 nitrogen and oxygen atoms in total. The van der Waals surface area contributed by atoms with Crippen LogP contribution in [0.4, 0.5) is 0 Å². The summed E-state index contributed by atoms with van der Waals surface area (Å²) in [6.45, 7) is 1.64. The highest BCUT2D eigenvalue weighted by Gasteiger charge is 2.37. The predicted octanol–water partition coefficient (Wildman–Crippen LogP) is 5.64. The Morgan fingerprint density at radius 3 is 1.30 bits per heavy atom. The molecule has 1 aliphatic rings. The maximum atomic E-state index is 12.5. The van der Waals surface area contributed by atoms with Gasteiger partial charge in [0, 0.05) is 35.8 Å². The summed E-state index contributed by atoms with van der Waals surface area (Å²) in [4.78, 5) is 46.7. The van der Waals surface area contributed by atoms with E-state index in [2.05, 4.69) is 137 Å². The molecule has 0 bridgehead atoms. The van der Waals surface area contributed by atoms with E-state index in [9.17, 15) is 34.5 Å². The summed E-state index contributed by atoms with van der Waals surface area (Å²) in [6.07, 6.45) is 0. The zero-order valence-electron chi connectivity index (χ0n) is 22.2. The fourth-order valence-electron chi connectivity index (χ4n) is 2.76. The number of nitrogens with one attached hydrogen (secondary N) is 1. The lowest BCUT2D eigenvalue weighted by Crippen LogP contribution is -2.52. The number of aliphatic hydroxyl groups is 4. The number of aliphatic hydroxyl groups excluding tert-OH is 4. The quantitative estimate of drug-likeness (QED) is 0.0779. The average molecular weight is 1140 g/mol. The van der Waals surface area contributed by atoms with E-state index in [1.807, 2.05) is 0 Å². The van der Waals surface area contributed by atoms with Gasteiger partial charge in [-0.25, -0.2) is 14.4 Å². The molecule has 0 saturated heterocycles. The number of rotatable bonds is 7. The van der Waals surface area contributed by atoms with Gasteiger partial charge in [-0.2, -0.15) is 0 Å². The number of cyclic esters (lactones) is 2. The molecule has 2 aromatic carbocycles. The molecule has 0 aliphatic carbocycles. The van der Waals surface area contributed by atoms with Crippen molar-refractivity contribution >= 4 is 151 Å². The number of hydrogen-bond acceptors (Lipinski definition) is 10. The third-order valence-corrected chi connectivity index (χ3v) is 14.9. The highest BCUT2D eigenvalue weighted by Crippen LogP contribution is 2.45. The molecule has 8 N–H and O–H groups in total. The number of carboxylic acid groups (broad SMARTS) is 1. The maximum Gasteiger partial charge on any atom is 0.348 e. The Labute approximate surface area is 317 Å². The summed E-state index contributed by atoms with van der Waals surface area (Å²) in [7, 11) is 0. The van der Waals surface area contributed by atoms with Crippen LogP contribution in [0.2, 0.25) is 0 Å². The van der Waals surface area contributed by atoms with Gasteiger partial charge in [0.05, 0.1) is 59.8 Å². The second kappa shape index (κ2) is 17.5. The van der Waals surface area contributed by atoms with E-state index in [4.69, 9.17) is 15.9 Å². The molecule has 0 unspecified atom stereocenters. The first-order valence-corrected chi connectivity index (χ1v) is 17.8. The molecule has 1 heterocycles. The average Bonchev–Trinajstić information content (AvgIpc) is 3.28. The van der Waals surface area contributed by atoms with Crippen LogP contribution in [0, 0.1) is 0 Å². The van der Waals surface area contributed by atoms with Crippen LogP contribution >= 0.6 is 127 Å². The molecule has 0 radical (unpaired) electrons. The van der Waals surface area contributed by atoms with E-state index < -0.39 is 48.1 Å². The number of amides is 1. The highest BCUT2D eigenvalue weighted by atomic mass is 79.9. The molecular weight excluding hydrogens is 1120 g/mol. The van der Waals surface area contributed by atoms with Crippen LogP contribution in [0.25, 0.3) is 0 Å². The summed E-state index contributed by atoms with van der Waals surface area (Å²) in [6, 6.07) is 0. The fraction of sp³-hybridized carbons (Fsp3) is 0.333. The van der Waals surface area contributed by atoms with E-state index in [1.54, 1.807) is 6.92 Å². The molecule has 1 amide bonds. The third kappa shape index (κ3) is 9.85. The number of benzene rings is 2. The number of ether oxygens (including phenoxy) is 1. The Kier molecular flexibility index (Phi) is 16.8. The standard InChI is InChI=1S/C12H11Br4NO5.C8Br4O3.C4H11NO2/c1-12(2-18,3-19)17-10(20)4-5(11(21)22)7(14)9(16)8(15)6(4)13;9-3-1-2(8(14)15-7(1)13)4(10)6(12)5(3)11;1-4(5,2-6)3-7/h18-19H,2-3H2,1H3,(H,17,20)(H,21,22);;6-7H,2-3,5H2,1H3. The van der Waals surface area contributed by atoms with Crippen molar-refractivity contribution in [3.8, 4) is 0 Å². The van der Waals surface area contributed by atoms with E-state index in [-0.39, 0.29) is 44.4 Å². The molecule has 0 spiro atoms. The van der Waals surface area contributed by atoms with Crippen LogP contribution in [-0.2, 0) is 4.74 Å². The van der Waals surface area contributed by atoms with Crippen molar-refractivity contribution in [2.75, 3.05) is 26.4 Å². The molecule has 0 aromatic heterocycles. The van der Waals surface area contributed by atoms with Crippen molar-refractivity contribution < 1.29 is 49.4 Å². The zero-order chi connectivity index (χ0) is 34.5. The molecule has 44 heavy (non-hydrogen) atoms. The Morgan fingerprint density at radius 1 is 0.659 bits per heavy atom. The summed E-state index contributed by atoms with van der Waals surface area (Å²) in [5, 5.41) is 46.9. The fourth-order valence-corrected chi connectivity index (χ4v) is 7.67. The first-order chi connectivity index (χ1) is 20.2.